The summed E-state index contributed by atoms with van der Waals surface area (Å²) in [4.78, 5) is 10.4. The molecule has 0 unspecified atom stereocenters. The third kappa shape index (κ3) is 5.25. The molecule has 0 aromatic heterocycles. The van der Waals surface area contributed by atoms with Gasteiger partial charge in [0.1, 0.15) is 11.5 Å². The molecule has 0 saturated carbocycles. The lowest BCUT2D eigenvalue weighted by atomic mass is 10.1. The zero-order chi connectivity index (χ0) is 18.6. The van der Waals surface area contributed by atoms with Crippen molar-refractivity contribution < 1.29 is 27.6 Å². The highest BCUT2D eigenvalue weighted by molar-refractivity contribution is 6.32. The number of hydrogen-bond acceptors (Lipinski definition) is 4. The van der Waals surface area contributed by atoms with Crippen LogP contribution in [0.4, 0.5) is 18.9 Å². The molecule has 0 heterocycles. The quantitative estimate of drug-likeness (QED) is 0.491. The number of ether oxygens (including phenoxy) is 2. The topological polar surface area (TPSA) is 61.6 Å². The summed E-state index contributed by atoms with van der Waals surface area (Å²) in [6, 6.07) is 7.61. The van der Waals surface area contributed by atoms with E-state index in [1.165, 1.54) is 36.4 Å². The summed E-state index contributed by atoms with van der Waals surface area (Å²) < 4.78 is 47.9. The first kappa shape index (κ1) is 18.9. The molecular weight excluding hydrogens is 363 g/mol. The average molecular weight is 376 g/mol. The highest BCUT2D eigenvalue weighted by Gasteiger charge is 2.28. The van der Waals surface area contributed by atoms with Crippen molar-refractivity contribution in [3.8, 4) is 17.2 Å². The summed E-state index contributed by atoms with van der Waals surface area (Å²) in [5.74, 6) is 0.359. The Morgan fingerprint density at radius 1 is 1.16 bits per heavy atom. The van der Waals surface area contributed by atoms with Crippen molar-refractivity contribution >= 4 is 17.3 Å². The second-order valence-corrected chi connectivity index (χ2v) is 5.39. The number of alkyl halides is 3. The third-order valence-corrected chi connectivity index (χ3v) is 3.35. The Balaban J connectivity index is 2.24. The minimum absolute atomic E-state index is 0.00179. The largest absolute Gasteiger partial charge is 0.487 e. The van der Waals surface area contributed by atoms with Crippen LogP contribution in [-0.4, -0.2) is 17.7 Å². The van der Waals surface area contributed by atoms with Gasteiger partial charge in [-0.15, -0.1) is 0 Å². The second-order valence-electron chi connectivity index (χ2n) is 4.98. The summed E-state index contributed by atoms with van der Waals surface area (Å²) in [7, 11) is 0. The van der Waals surface area contributed by atoms with E-state index < -0.39 is 17.5 Å². The van der Waals surface area contributed by atoms with Crippen LogP contribution in [0.1, 0.15) is 12.5 Å². The molecule has 0 spiro atoms. The van der Waals surface area contributed by atoms with Gasteiger partial charge in [-0.05, 0) is 30.7 Å². The van der Waals surface area contributed by atoms with Gasteiger partial charge in [-0.25, -0.2) is 0 Å². The first-order valence-electron chi connectivity index (χ1n) is 7.14. The predicted molar refractivity (Wildman–Crippen MR) is 85.6 cm³/mol. The molecular formula is C16H13ClF3NO4. The lowest BCUT2D eigenvalue weighted by Gasteiger charge is -2.12. The molecule has 0 saturated heterocycles. The van der Waals surface area contributed by atoms with Crippen molar-refractivity contribution in [1.82, 2.24) is 0 Å². The van der Waals surface area contributed by atoms with Crippen LogP contribution in [0.3, 0.4) is 0 Å². The van der Waals surface area contributed by atoms with E-state index in [9.17, 15) is 23.3 Å². The molecule has 0 aliphatic heterocycles. The highest BCUT2D eigenvalue weighted by atomic mass is 35.5. The van der Waals surface area contributed by atoms with E-state index in [0.717, 1.165) is 0 Å². The summed E-state index contributed by atoms with van der Waals surface area (Å²) >= 11 is 5.96. The maximum atomic E-state index is 12.4. The van der Waals surface area contributed by atoms with Gasteiger partial charge in [0.05, 0.1) is 23.0 Å². The predicted octanol–water partition coefficient (Wildman–Crippen LogP) is 5.54. The summed E-state index contributed by atoms with van der Waals surface area (Å²) in [6.07, 6.45) is -5.44. The van der Waals surface area contributed by atoms with Crippen LogP contribution < -0.4 is 9.47 Å². The van der Waals surface area contributed by atoms with E-state index in [0.29, 0.717) is 0 Å². The molecule has 2 rings (SSSR count). The van der Waals surface area contributed by atoms with Gasteiger partial charge in [-0.3, -0.25) is 10.1 Å². The van der Waals surface area contributed by atoms with Crippen molar-refractivity contribution in [3.63, 3.8) is 0 Å². The van der Waals surface area contributed by atoms with Gasteiger partial charge < -0.3 is 9.47 Å². The SMILES string of the molecule is CCOc1cc(Oc2ccc(CC(F)(F)F)cc2Cl)ccc1[N+](=O)[O-]. The van der Waals surface area contributed by atoms with Crippen LogP contribution in [0.2, 0.25) is 5.02 Å². The summed E-state index contributed by atoms with van der Waals surface area (Å²) in [5.41, 5.74) is -0.218. The molecule has 0 atom stereocenters. The monoisotopic (exact) mass is 375 g/mol. The number of benzene rings is 2. The first-order chi connectivity index (χ1) is 11.7. The van der Waals surface area contributed by atoms with E-state index in [1.54, 1.807) is 6.92 Å². The maximum absolute atomic E-state index is 12.4. The standard InChI is InChI=1S/C16H13ClF3NO4/c1-2-24-15-8-11(4-5-13(15)21(22)23)25-14-6-3-10(7-12(14)17)9-16(18,19)20/h3-8H,2,9H2,1H3. The molecule has 5 nitrogen and oxygen atoms in total. The molecule has 0 amide bonds. The molecule has 0 bridgehead atoms. The van der Waals surface area contributed by atoms with Gasteiger partial charge in [0.2, 0.25) is 5.75 Å². The van der Waals surface area contributed by atoms with Gasteiger partial charge in [-0.1, -0.05) is 17.7 Å². The summed E-state index contributed by atoms with van der Waals surface area (Å²) in [6.45, 7) is 1.89. The molecule has 134 valence electrons. The highest BCUT2D eigenvalue weighted by Crippen LogP contribution is 2.36. The van der Waals surface area contributed by atoms with Crippen LogP contribution in [0, 0.1) is 10.1 Å². The zero-order valence-corrected chi connectivity index (χ0v) is 13.7. The molecule has 0 radical (unpaired) electrons. The Bertz CT molecular complexity index is 780. The fraction of sp³-hybridized carbons (Fsp3) is 0.250. The fourth-order valence-corrected chi connectivity index (χ4v) is 2.32. The zero-order valence-electron chi connectivity index (χ0n) is 13.0. The molecule has 25 heavy (non-hydrogen) atoms. The van der Waals surface area contributed by atoms with E-state index in [-0.39, 0.29) is 40.1 Å². The van der Waals surface area contributed by atoms with Crippen LogP contribution in [-0.2, 0) is 6.42 Å². The number of nitro benzene ring substituents is 1. The van der Waals surface area contributed by atoms with Crippen LogP contribution >= 0.6 is 11.6 Å². The van der Waals surface area contributed by atoms with Crippen molar-refractivity contribution in [2.45, 2.75) is 19.5 Å². The smallest absolute Gasteiger partial charge is 0.393 e. The van der Waals surface area contributed by atoms with E-state index in [4.69, 9.17) is 21.1 Å². The number of nitro groups is 1. The van der Waals surface area contributed by atoms with Gasteiger partial charge >= 0.3 is 11.9 Å². The number of rotatable bonds is 6. The Hall–Kier alpha value is -2.48. The van der Waals surface area contributed by atoms with Crippen molar-refractivity contribution in [2.24, 2.45) is 0 Å². The number of halogens is 4. The Morgan fingerprint density at radius 3 is 2.44 bits per heavy atom. The van der Waals surface area contributed by atoms with Crippen LogP contribution in [0.25, 0.3) is 0 Å². The minimum Gasteiger partial charge on any atom is -0.487 e. The summed E-state index contributed by atoms with van der Waals surface area (Å²) in [5, 5.41) is 10.9. The van der Waals surface area contributed by atoms with Gasteiger partial charge in [-0.2, -0.15) is 13.2 Å². The lowest BCUT2D eigenvalue weighted by molar-refractivity contribution is -0.385. The van der Waals surface area contributed by atoms with Crippen molar-refractivity contribution in [2.75, 3.05) is 6.61 Å². The second kappa shape index (κ2) is 7.60. The van der Waals surface area contributed by atoms with Gasteiger partial charge in [0.15, 0.2) is 0 Å². The molecule has 2 aromatic rings. The third-order valence-electron chi connectivity index (χ3n) is 3.06. The van der Waals surface area contributed by atoms with E-state index in [1.807, 2.05) is 0 Å². The Kier molecular flexibility index (Phi) is 5.73. The van der Waals surface area contributed by atoms with Crippen LogP contribution in [0.15, 0.2) is 36.4 Å². The number of nitrogens with zero attached hydrogens (tertiary/aromatic N) is 1. The lowest BCUT2D eigenvalue weighted by Crippen LogP contribution is -2.11. The van der Waals surface area contributed by atoms with E-state index >= 15 is 0 Å². The van der Waals surface area contributed by atoms with Crippen LogP contribution in [0.5, 0.6) is 17.2 Å². The Morgan fingerprint density at radius 2 is 1.88 bits per heavy atom. The molecule has 2 aromatic carbocycles. The molecule has 0 fully saturated rings. The molecule has 0 aliphatic rings. The molecule has 0 aliphatic carbocycles. The van der Waals surface area contributed by atoms with E-state index in [2.05, 4.69) is 0 Å². The molecule has 0 N–H and O–H groups in total. The van der Waals surface area contributed by atoms with Gasteiger partial charge in [0.25, 0.3) is 0 Å². The average Bonchev–Trinajstić information content (AvgIpc) is 2.49. The number of hydrogen-bond donors (Lipinski definition) is 0. The maximum Gasteiger partial charge on any atom is 0.393 e. The van der Waals surface area contributed by atoms with Crippen molar-refractivity contribution in [1.29, 1.82) is 0 Å². The van der Waals surface area contributed by atoms with Gasteiger partial charge in [0, 0.05) is 12.1 Å². The normalized spacial score (nSPS) is 11.2. The minimum atomic E-state index is -4.34. The Labute approximate surface area is 146 Å². The molecule has 9 heteroatoms. The van der Waals surface area contributed by atoms with Crippen molar-refractivity contribution in [3.05, 3.63) is 57.1 Å². The first-order valence-corrected chi connectivity index (χ1v) is 7.51. The fourth-order valence-electron chi connectivity index (χ4n) is 2.08.